The molecule has 0 aliphatic carbocycles. The summed E-state index contributed by atoms with van der Waals surface area (Å²) in [6.07, 6.45) is 1.86. The van der Waals surface area contributed by atoms with Crippen LogP contribution in [0, 0.1) is 6.92 Å². The molecule has 1 heterocycles. The number of hydrogen-bond donors (Lipinski definition) is 0. The molecular weight excluding hydrogens is 262 g/mol. The van der Waals surface area contributed by atoms with E-state index in [9.17, 15) is 4.79 Å². The number of alkyl halides is 1. The van der Waals surface area contributed by atoms with Crippen molar-refractivity contribution in [2.24, 2.45) is 0 Å². The van der Waals surface area contributed by atoms with Gasteiger partial charge in [-0.3, -0.25) is 4.79 Å². The fourth-order valence-electron chi connectivity index (χ4n) is 2.48. The molecule has 0 saturated heterocycles. The van der Waals surface area contributed by atoms with Crippen molar-refractivity contribution in [3.63, 3.8) is 0 Å². The van der Waals surface area contributed by atoms with E-state index < -0.39 is 4.87 Å². The number of ether oxygens (including phenoxy) is 1. The van der Waals surface area contributed by atoms with Crippen LogP contribution in [0.5, 0.6) is 0 Å². The molecule has 0 aromatic heterocycles. The van der Waals surface area contributed by atoms with E-state index in [1.54, 1.807) is 14.0 Å². The molecule has 104 valence electrons. The molecular formula is C15H20ClNO2. The SMILES string of the molecule is COCCCCN1C(=O)C(C)(Cl)c2ccc(C)cc21. The monoisotopic (exact) mass is 281 g/mol. The van der Waals surface area contributed by atoms with E-state index in [1.807, 2.05) is 30.0 Å². The van der Waals surface area contributed by atoms with Crippen molar-refractivity contribution in [1.29, 1.82) is 0 Å². The van der Waals surface area contributed by atoms with Crippen LogP contribution in [0.3, 0.4) is 0 Å². The third-order valence-electron chi connectivity index (χ3n) is 3.58. The summed E-state index contributed by atoms with van der Waals surface area (Å²) in [5.74, 6) is -0.0211. The van der Waals surface area contributed by atoms with Crippen molar-refractivity contribution < 1.29 is 9.53 Å². The Morgan fingerprint density at radius 1 is 1.37 bits per heavy atom. The standard InChI is InChI=1S/C15H20ClNO2/c1-11-6-7-12-13(10-11)17(8-4-5-9-19-3)14(18)15(12,2)16/h6-7,10H,4-5,8-9H2,1-3H3. The Morgan fingerprint density at radius 2 is 2.11 bits per heavy atom. The van der Waals surface area contributed by atoms with E-state index in [0.717, 1.165) is 36.3 Å². The predicted molar refractivity (Wildman–Crippen MR) is 77.8 cm³/mol. The van der Waals surface area contributed by atoms with Crippen LogP contribution in [-0.2, 0) is 14.4 Å². The molecule has 19 heavy (non-hydrogen) atoms. The lowest BCUT2D eigenvalue weighted by Gasteiger charge is -2.19. The molecule has 1 amide bonds. The molecule has 1 unspecified atom stereocenters. The number of benzene rings is 1. The van der Waals surface area contributed by atoms with Gasteiger partial charge < -0.3 is 9.64 Å². The number of nitrogens with zero attached hydrogens (tertiary/aromatic N) is 1. The number of carbonyl (C=O) groups is 1. The van der Waals surface area contributed by atoms with Crippen molar-refractivity contribution in [3.05, 3.63) is 29.3 Å². The summed E-state index contributed by atoms with van der Waals surface area (Å²) >= 11 is 6.42. The Bertz CT molecular complexity index is 485. The highest BCUT2D eigenvalue weighted by molar-refractivity contribution is 6.39. The molecule has 0 bridgehead atoms. The number of hydrogen-bond acceptors (Lipinski definition) is 2. The smallest absolute Gasteiger partial charge is 0.252 e. The maximum atomic E-state index is 12.4. The van der Waals surface area contributed by atoms with Gasteiger partial charge in [0.2, 0.25) is 0 Å². The number of halogens is 1. The summed E-state index contributed by atoms with van der Waals surface area (Å²) in [5.41, 5.74) is 3.01. The van der Waals surface area contributed by atoms with E-state index in [4.69, 9.17) is 16.3 Å². The van der Waals surface area contributed by atoms with Gasteiger partial charge in [-0.25, -0.2) is 0 Å². The van der Waals surface area contributed by atoms with Crippen LogP contribution in [0.25, 0.3) is 0 Å². The molecule has 4 heteroatoms. The zero-order valence-electron chi connectivity index (χ0n) is 11.7. The highest BCUT2D eigenvalue weighted by Gasteiger charge is 2.45. The maximum absolute atomic E-state index is 12.4. The van der Waals surface area contributed by atoms with Crippen molar-refractivity contribution in [2.75, 3.05) is 25.2 Å². The largest absolute Gasteiger partial charge is 0.385 e. The number of rotatable bonds is 5. The summed E-state index contributed by atoms with van der Waals surface area (Å²) in [4.78, 5) is 13.3. The average molecular weight is 282 g/mol. The van der Waals surface area contributed by atoms with E-state index in [1.165, 1.54) is 0 Å². The first-order chi connectivity index (χ1) is 8.98. The number of methoxy groups -OCH3 is 1. The maximum Gasteiger partial charge on any atom is 0.252 e. The Balaban J connectivity index is 2.21. The third kappa shape index (κ3) is 2.63. The Labute approximate surface area is 119 Å². The van der Waals surface area contributed by atoms with Gasteiger partial charge in [0.15, 0.2) is 0 Å². The molecule has 0 saturated carbocycles. The van der Waals surface area contributed by atoms with Gasteiger partial charge in [0.1, 0.15) is 4.87 Å². The lowest BCUT2D eigenvalue weighted by molar-refractivity contribution is -0.120. The van der Waals surface area contributed by atoms with Gasteiger partial charge in [-0.2, -0.15) is 0 Å². The van der Waals surface area contributed by atoms with Crippen LogP contribution >= 0.6 is 11.6 Å². The van der Waals surface area contributed by atoms with Crippen molar-refractivity contribution in [1.82, 2.24) is 0 Å². The summed E-state index contributed by atoms with van der Waals surface area (Å²) in [7, 11) is 1.69. The molecule has 1 aromatic carbocycles. The molecule has 3 nitrogen and oxygen atoms in total. The minimum absolute atomic E-state index is 0.0211. The second-order valence-corrected chi connectivity index (χ2v) is 5.94. The van der Waals surface area contributed by atoms with E-state index >= 15 is 0 Å². The van der Waals surface area contributed by atoms with Crippen molar-refractivity contribution in [2.45, 2.75) is 31.6 Å². The molecule has 1 atom stereocenters. The summed E-state index contributed by atoms with van der Waals surface area (Å²) < 4.78 is 5.03. The molecule has 0 N–H and O–H groups in total. The molecule has 0 spiro atoms. The number of aryl methyl sites for hydroxylation is 1. The van der Waals surface area contributed by atoms with E-state index in [0.29, 0.717) is 6.54 Å². The van der Waals surface area contributed by atoms with Crippen molar-refractivity contribution >= 4 is 23.2 Å². The zero-order valence-corrected chi connectivity index (χ0v) is 12.5. The first kappa shape index (κ1) is 14.4. The zero-order chi connectivity index (χ0) is 14.0. The first-order valence-electron chi connectivity index (χ1n) is 6.59. The van der Waals surface area contributed by atoms with Crippen LogP contribution in [0.15, 0.2) is 18.2 Å². The molecule has 0 radical (unpaired) electrons. The first-order valence-corrected chi connectivity index (χ1v) is 6.97. The Hall–Kier alpha value is -1.06. The normalized spacial score (nSPS) is 21.9. The van der Waals surface area contributed by atoms with Gasteiger partial charge >= 0.3 is 0 Å². The van der Waals surface area contributed by atoms with Gasteiger partial charge in [-0.1, -0.05) is 12.1 Å². The highest BCUT2D eigenvalue weighted by atomic mass is 35.5. The fraction of sp³-hybridized carbons (Fsp3) is 0.533. The van der Waals surface area contributed by atoms with Gasteiger partial charge in [0.25, 0.3) is 5.91 Å². The minimum atomic E-state index is -0.926. The van der Waals surface area contributed by atoms with Gasteiger partial charge in [0, 0.05) is 31.5 Å². The van der Waals surface area contributed by atoms with Gasteiger partial charge in [-0.05, 0) is 38.3 Å². The molecule has 2 rings (SSSR count). The number of fused-ring (bicyclic) bond motifs is 1. The summed E-state index contributed by atoms with van der Waals surface area (Å²) in [6, 6.07) is 6.00. The molecule has 1 aliphatic heterocycles. The summed E-state index contributed by atoms with van der Waals surface area (Å²) in [5, 5.41) is 0. The third-order valence-corrected chi connectivity index (χ3v) is 3.94. The fourth-order valence-corrected chi connectivity index (χ4v) is 2.74. The topological polar surface area (TPSA) is 29.5 Å². The lowest BCUT2D eigenvalue weighted by atomic mass is 10.0. The Morgan fingerprint density at radius 3 is 2.79 bits per heavy atom. The molecule has 1 aromatic rings. The number of carbonyl (C=O) groups excluding carboxylic acids is 1. The Kier molecular flexibility index (Phi) is 4.16. The van der Waals surface area contributed by atoms with Crippen LogP contribution in [0.2, 0.25) is 0 Å². The van der Waals surface area contributed by atoms with Crippen LogP contribution < -0.4 is 4.90 Å². The van der Waals surface area contributed by atoms with Crippen molar-refractivity contribution in [3.8, 4) is 0 Å². The van der Waals surface area contributed by atoms with Gasteiger partial charge in [-0.15, -0.1) is 11.6 Å². The average Bonchev–Trinajstić information content (AvgIpc) is 2.54. The molecule has 1 aliphatic rings. The quantitative estimate of drug-likeness (QED) is 0.613. The number of amides is 1. The number of unbranched alkanes of at least 4 members (excludes halogenated alkanes) is 1. The minimum Gasteiger partial charge on any atom is -0.385 e. The van der Waals surface area contributed by atoms with Crippen LogP contribution in [0.4, 0.5) is 5.69 Å². The van der Waals surface area contributed by atoms with Crippen LogP contribution in [-0.4, -0.2) is 26.2 Å². The van der Waals surface area contributed by atoms with Crippen LogP contribution in [0.1, 0.15) is 30.9 Å². The number of anilines is 1. The lowest BCUT2D eigenvalue weighted by Crippen LogP contribution is -2.35. The van der Waals surface area contributed by atoms with E-state index in [2.05, 4.69) is 0 Å². The van der Waals surface area contributed by atoms with Gasteiger partial charge in [0.05, 0.1) is 0 Å². The molecule has 0 fully saturated rings. The second-order valence-electron chi connectivity index (χ2n) is 5.18. The highest BCUT2D eigenvalue weighted by Crippen LogP contribution is 2.44. The predicted octanol–water partition coefficient (Wildman–Crippen LogP) is 3.22. The van der Waals surface area contributed by atoms with E-state index in [-0.39, 0.29) is 5.91 Å². The summed E-state index contributed by atoms with van der Waals surface area (Å²) in [6.45, 7) is 5.22. The second kappa shape index (κ2) is 5.51.